The third kappa shape index (κ3) is 5.22. The predicted molar refractivity (Wildman–Crippen MR) is 108 cm³/mol. The smallest absolute Gasteiger partial charge is 0.269 e. The monoisotopic (exact) mass is 382 g/mol. The largest absolute Gasteiger partial charge is 0.304 e. The van der Waals surface area contributed by atoms with Gasteiger partial charge < -0.3 is 4.90 Å². The molecule has 148 valence electrons. The fraction of sp³-hybridized carbons (Fsp3) is 0.381. The summed E-state index contributed by atoms with van der Waals surface area (Å²) in [6, 6.07) is 13.8. The number of nitro groups is 1. The minimum absolute atomic E-state index is 0.0463. The molecule has 0 aliphatic carbocycles. The first-order valence-corrected chi connectivity index (χ1v) is 9.46. The number of nitrogens with one attached hydrogen (secondary N) is 1. The molecule has 28 heavy (non-hydrogen) atoms. The van der Waals surface area contributed by atoms with Gasteiger partial charge in [-0.2, -0.15) is 0 Å². The number of carbonyl (C=O) groups is 1. The van der Waals surface area contributed by atoms with Crippen LogP contribution in [0.1, 0.15) is 33.9 Å². The zero-order valence-electron chi connectivity index (χ0n) is 16.3. The number of likely N-dealkylation sites (N-methyl/N-ethyl adjacent to an activating group) is 1. The molecule has 2 aromatic rings. The summed E-state index contributed by atoms with van der Waals surface area (Å²) in [4.78, 5) is 25.6. The SMILES string of the molecule is Cc1ccc(C(=O)C[C@H](NN2CCN(C)CC2)c2ccc([N+](=O)[O-])cc2)cc1. The van der Waals surface area contributed by atoms with Crippen LogP contribution in [0.25, 0.3) is 0 Å². The highest BCUT2D eigenvalue weighted by Gasteiger charge is 2.22. The van der Waals surface area contributed by atoms with E-state index in [4.69, 9.17) is 0 Å². The van der Waals surface area contributed by atoms with Crippen molar-refractivity contribution in [1.82, 2.24) is 15.3 Å². The minimum atomic E-state index is -0.413. The van der Waals surface area contributed by atoms with Crippen LogP contribution in [-0.2, 0) is 0 Å². The van der Waals surface area contributed by atoms with Crippen LogP contribution in [0.2, 0.25) is 0 Å². The molecule has 7 heteroatoms. The molecule has 1 aliphatic rings. The molecule has 0 spiro atoms. The first-order valence-electron chi connectivity index (χ1n) is 9.46. The van der Waals surface area contributed by atoms with Gasteiger partial charge in [-0.05, 0) is 19.5 Å². The number of aryl methyl sites for hydroxylation is 1. The van der Waals surface area contributed by atoms with E-state index in [0.717, 1.165) is 37.3 Å². The number of hydrazine groups is 1. The van der Waals surface area contributed by atoms with Crippen LogP contribution in [0.15, 0.2) is 48.5 Å². The Morgan fingerprint density at radius 3 is 2.25 bits per heavy atom. The van der Waals surface area contributed by atoms with Crippen molar-refractivity contribution in [1.29, 1.82) is 0 Å². The lowest BCUT2D eigenvalue weighted by molar-refractivity contribution is -0.384. The third-order valence-electron chi connectivity index (χ3n) is 5.11. The van der Waals surface area contributed by atoms with Gasteiger partial charge >= 0.3 is 0 Å². The Morgan fingerprint density at radius 2 is 1.68 bits per heavy atom. The van der Waals surface area contributed by atoms with Crippen molar-refractivity contribution in [2.75, 3.05) is 33.2 Å². The molecule has 1 N–H and O–H groups in total. The Balaban J connectivity index is 1.77. The number of Topliss-reactive ketones (excluding diaryl/α,β-unsaturated/α-hetero) is 1. The molecule has 2 aromatic carbocycles. The molecule has 1 aliphatic heterocycles. The van der Waals surface area contributed by atoms with Crippen LogP contribution in [0, 0.1) is 17.0 Å². The van der Waals surface area contributed by atoms with Crippen LogP contribution >= 0.6 is 0 Å². The second-order valence-corrected chi connectivity index (χ2v) is 7.31. The summed E-state index contributed by atoms with van der Waals surface area (Å²) in [5, 5.41) is 13.1. The van der Waals surface area contributed by atoms with Crippen molar-refractivity contribution >= 4 is 11.5 Å². The number of rotatable bonds is 7. The van der Waals surface area contributed by atoms with Crippen molar-refractivity contribution in [2.24, 2.45) is 0 Å². The quantitative estimate of drug-likeness (QED) is 0.451. The second-order valence-electron chi connectivity index (χ2n) is 7.31. The van der Waals surface area contributed by atoms with Crippen LogP contribution in [0.4, 0.5) is 5.69 Å². The number of ketones is 1. The lowest BCUT2D eigenvalue weighted by atomic mass is 9.97. The van der Waals surface area contributed by atoms with Gasteiger partial charge in [0.05, 0.1) is 11.0 Å². The first-order chi connectivity index (χ1) is 13.4. The number of non-ortho nitro benzene ring substituents is 1. The van der Waals surface area contributed by atoms with Crippen molar-refractivity contribution < 1.29 is 9.72 Å². The van der Waals surface area contributed by atoms with Crippen molar-refractivity contribution in [2.45, 2.75) is 19.4 Å². The average Bonchev–Trinajstić information content (AvgIpc) is 2.69. The zero-order chi connectivity index (χ0) is 20.1. The maximum Gasteiger partial charge on any atom is 0.269 e. The van der Waals surface area contributed by atoms with Crippen LogP contribution in [0.5, 0.6) is 0 Å². The van der Waals surface area contributed by atoms with Gasteiger partial charge in [0.1, 0.15) is 0 Å². The summed E-state index contributed by atoms with van der Waals surface area (Å²) in [5.74, 6) is 0.0463. The number of carbonyl (C=O) groups excluding carboxylic acids is 1. The van der Waals surface area contributed by atoms with Gasteiger partial charge in [0.15, 0.2) is 5.78 Å². The molecule has 1 saturated heterocycles. The van der Waals surface area contributed by atoms with E-state index in [2.05, 4.69) is 22.4 Å². The van der Waals surface area contributed by atoms with E-state index >= 15 is 0 Å². The lowest BCUT2D eigenvalue weighted by Crippen LogP contribution is -2.51. The predicted octanol–water partition coefficient (Wildman–Crippen LogP) is 2.97. The van der Waals surface area contributed by atoms with Gasteiger partial charge in [0.25, 0.3) is 5.69 Å². The fourth-order valence-electron chi connectivity index (χ4n) is 3.27. The molecule has 1 atom stereocenters. The Hall–Kier alpha value is -2.61. The highest BCUT2D eigenvalue weighted by molar-refractivity contribution is 5.96. The number of nitro benzene ring substituents is 1. The van der Waals surface area contributed by atoms with Gasteiger partial charge in [-0.15, -0.1) is 0 Å². The first kappa shape index (κ1) is 20.1. The summed E-state index contributed by atoms with van der Waals surface area (Å²) in [5.41, 5.74) is 6.17. The number of benzene rings is 2. The Labute approximate surface area is 165 Å². The summed E-state index contributed by atoms with van der Waals surface area (Å²) < 4.78 is 0. The van der Waals surface area contributed by atoms with Gasteiger partial charge in [0, 0.05) is 50.3 Å². The number of hydrogen-bond acceptors (Lipinski definition) is 6. The molecule has 0 aromatic heterocycles. The van der Waals surface area contributed by atoms with Crippen LogP contribution in [0.3, 0.4) is 0 Å². The van der Waals surface area contributed by atoms with E-state index in [9.17, 15) is 14.9 Å². The van der Waals surface area contributed by atoms with Crippen LogP contribution in [-0.4, -0.2) is 53.8 Å². The van der Waals surface area contributed by atoms with Gasteiger partial charge in [-0.3, -0.25) is 14.9 Å². The fourth-order valence-corrected chi connectivity index (χ4v) is 3.27. The molecule has 0 unspecified atom stereocenters. The van der Waals surface area contributed by atoms with Crippen molar-refractivity contribution in [3.05, 3.63) is 75.3 Å². The Bertz CT molecular complexity index is 813. The molecular weight excluding hydrogens is 356 g/mol. The molecule has 0 amide bonds. The van der Waals surface area contributed by atoms with E-state index in [0.29, 0.717) is 5.56 Å². The maximum atomic E-state index is 12.8. The standard InChI is InChI=1S/C21H26N4O3/c1-16-3-5-18(6-4-16)21(26)15-20(22-24-13-11-23(2)12-14-24)17-7-9-19(10-8-17)25(27)28/h3-10,20,22H,11-15H2,1-2H3/t20-/m0/s1. The van der Waals surface area contributed by atoms with Crippen molar-refractivity contribution in [3.8, 4) is 0 Å². The minimum Gasteiger partial charge on any atom is -0.304 e. The summed E-state index contributed by atoms with van der Waals surface area (Å²) in [6.45, 7) is 5.61. The highest BCUT2D eigenvalue weighted by Crippen LogP contribution is 2.23. The molecule has 1 fully saturated rings. The molecule has 1 heterocycles. The van der Waals surface area contributed by atoms with Gasteiger partial charge in [0.2, 0.25) is 0 Å². The van der Waals surface area contributed by atoms with Crippen LogP contribution < -0.4 is 5.43 Å². The molecule has 0 saturated carbocycles. The zero-order valence-corrected chi connectivity index (χ0v) is 16.3. The number of nitrogens with zero attached hydrogens (tertiary/aromatic N) is 3. The van der Waals surface area contributed by atoms with Gasteiger partial charge in [-0.1, -0.05) is 42.0 Å². The topological polar surface area (TPSA) is 78.7 Å². The lowest BCUT2D eigenvalue weighted by Gasteiger charge is -2.35. The van der Waals surface area contributed by atoms with E-state index < -0.39 is 4.92 Å². The molecule has 0 radical (unpaired) electrons. The Kier molecular flexibility index (Phi) is 6.51. The van der Waals surface area contributed by atoms with E-state index in [-0.39, 0.29) is 23.9 Å². The summed E-state index contributed by atoms with van der Waals surface area (Å²) in [7, 11) is 2.09. The van der Waals surface area contributed by atoms with Gasteiger partial charge in [-0.25, -0.2) is 10.4 Å². The Morgan fingerprint density at radius 1 is 1.07 bits per heavy atom. The average molecular weight is 382 g/mol. The van der Waals surface area contributed by atoms with E-state index in [1.807, 2.05) is 31.2 Å². The molecule has 7 nitrogen and oxygen atoms in total. The summed E-state index contributed by atoms with van der Waals surface area (Å²) >= 11 is 0. The third-order valence-corrected chi connectivity index (χ3v) is 5.11. The number of piperazine rings is 1. The van der Waals surface area contributed by atoms with E-state index in [1.54, 1.807) is 12.1 Å². The molecule has 3 rings (SSSR count). The highest BCUT2D eigenvalue weighted by atomic mass is 16.6. The van der Waals surface area contributed by atoms with Crippen molar-refractivity contribution in [3.63, 3.8) is 0 Å². The second kappa shape index (κ2) is 9.05. The number of hydrogen-bond donors (Lipinski definition) is 1. The normalized spacial score (nSPS) is 16.6. The molecular formula is C21H26N4O3. The maximum absolute atomic E-state index is 12.8. The molecule has 0 bridgehead atoms. The summed E-state index contributed by atoms with van der Waals surface area (Å²) in [6.07, 6.45) is 0.285. The van der Waals surface area contributed by atoms with E-state index in [1.165, 1.54) is 12.1 Å².